The number of ether oxygens (including phenoxy) is 2. The van der Waals surface area contributed by atoms with Gasteiger partial charge < -0.3 is 19.7 Å². The molecule has 1 aliphatic rings. The minimum absolute atomic E-state index is 0.0176. The fourth-order valence-electron chi connectivity index (χ4n) is 2.71. The maximum atomic E-state index is 12.6. The van der Waals surface area contributed by atoms with E-state index in [2.05, 4.69) is 5.32 Å². The summed E-state index contributed by atoms with van der Waals surface area (Å²) in [5.41, 5.74) is 1.62. The van der Waals surface area contributed by atoms with Gasteiger partial charge in [0.1, 0.15) is 6.61 Å². The van der Waals surface area contributed by atoms with Crippen molar-refractivity contribution in [2.45, 2.75) is 6.61 Å². The second-order valence-electron chi connectivity index (χ2n) is 5.82. The molecule has 25 heavy (non-hydrogen) atoms. The molecule has 1 N–H and O–H groups in total. The van der Waals surface area contributed by atoms with Gasteiger partial charge in [0.15, 0.2) is 11.5 Å². The van der Waals surface area contributed by atoms with Crippen LogP contribution in [-0.4, -0.2) is 44.1 Å². The van der Waals surface area contributed by atoms with Gasteiger partial charge in [-0.15, -0.1) is 0 Å². The molecule has 0 atom stereocenters. The molecule has 2 aromatic carbocycles. The number of carbonyl (C=O) groups is 1. The molecule has 0 saturated carbocycles. The van der Waals surface area contributed by atoms with Gasteiger partial charge in [-0.3, -0.25) is 4.79 Å². The Balaban J connectivity index is 1.70. The molecule has 2 aromatic rings. The summed E-state index contributed by atoms with van der Waals surface area (Å²) in [5, 5.41) is 3.93. The van der Waals surface area contributed by atoms with E-state index in [0.717, 1.165) is 31.7 Å². The largest absolute Gasteiger partial charge is 0.493 e. The van der Waals surface area contributed by atoms with Crippen molar-refractivity contribution < 1.29 is 14.3 Å². The SMILES string of the molecule is COc1cc(C(=O)N2CCNCC2)ccc1OCc1ccc(Cl)cc1. The standard InChI is InChI=1S/C19H21ClN2O3/c1-24-18-12-15(19(23)22-10-8-21-9-11-22)4-7-17(18)25-13-14-2-5-16(20)6-3-14/h2-7,12,21H,8-11,13H2,1H3. The Morgan fingerprint density at radius 2 is 1.84 bits per heavy atom. The van der Waals surface area contributed by atoms with E-state index in [4.69, 9.17) is 21.1 Å². The summed E-state index contributed by atoms with van der Waals surface area (Å²) in [4.78, 5) is 14.4. The van der Waals surface area contributed by atoms with Crippen LogP contribution in [0.3, 0.4) is 0 Å². The Hall–Kier alpha value is -2.24. The Kier molecular flexibility index (Phi) is 5.79. The van der Waals surface area contributed by atoms with Crippen LogP contribution in [0.4, 0.5) is 0 Å². The summed E-state index contributed by atoms with van der Waals surface area (Å²) in [5.74, 6) is 1.17. The molecule has 3 rings (SSSR count). The monoisotopic (exact) mass is 360 g/mol. The molecule has 1 saturated heterocycles. The van der Waals surface area contributed by atoms with E-state index in [1.165, 1.54) is 0 Å². The molecule has 1 heterocycles. The Labute approximate surface area is 152 Å². The number of nitrogens with one attached hydrogen (secondary N) is 1. The molecule has 0 aromatic heterocycles. The average Bonchev–Trinajstić information content (AvgIpc) is 2.67. The first kappa shape index (κ1) is 17.6. The number of benzene rings is 2. The van der Waals surface area contributed by atoms with E-state index in [0.29, 0.717) is 28.7 Å². The molecule has 0 aliphatic carbocycles. The van der Waals surface area contributed by atoms with Crippen LogP contribution < -0.4 is 14.8 Å². The molecule has 0 bridgehead atoms. The fraction of sp³-hybridized carbons (Fsp3) is 0.316. The molecular formula is C19H21ClN2O3. The molecule has 1 fully saturated rings. The highest BCUT2D eigenvalue weighted by atomic mass is 35.5. The molecule has 0 radical (unpaired) electrons. The number of hydrogen-bond acceptors (Lipinski definition) is 4. The van der Waals surface area contributed by atoms with Gasteiger partial charge in [-0.05, 0) is 35.9 Å². The highest BCUT2D eigenvalue weighted by molar-refractivity contribution is 6.30. The molecule has 0 unspecified atom stereocenters. The van der Waals surface area contributed by atoms with E-state index in [1.54, 1.807) is 25.3 Å². The summed E-state index contributed by atoms with van der Waals surface area (Å²) < 4.78 is 11.2. The third-order valence-corrected chi connectivity index (χ3v) is 4.37. The van der Waals surface area contributed by atoms with Gasteiger partial charge in [0.05, 0.1) is 7.11 Å². The highest BCUT2D eigenvalue weighted by Gasteiger charge is 2.19. The Morgan fingerprint density at radius 1 is 1.12 bits per heavy atom. The molecular weight excluding hydrogens is 340 g/mol. The summed E-state index contributed by atoms with van der Waals surface area (Å²) >= 11 is 5.89. The van der Waals surface area contributed by atoms with Gasteiger partial charge in [-0.25, -0.2) is 0 Å². The quantitative estimate of drug-likeness (QED) is 0.890. The van der Waals surface area contributed by atoms with Crippen LogP contribution >= 0.6 is 11.6 Å². The zero-order chi connectivity index (χ0) is 17.6. The number of rotatable bonds is 5. The molecule has 132 valence electrons. The minimum atomic E-state index is 0.0176. The first-order valence-electron chi connectivity index (χ1n) is 8.22. The third kappa shape index (κ3) is 4.44. The van der Waals surface area contributed by atoms with Crippen molar-refractivity contribution in [1.29, 1.82) is 0 Å². The topological polar surface area (TPSA) is 50.8 Å². The van der Waals surface area contributed by atoms with Crippen LogP contribution in [0.1, 0.15) is 15.9 Å². The predicted octanol–water partition coefficient (Wildman–Crippen LogP) is 2.97. The maximum absolute atomic E-state index is 12.6. The number of amides is 1. The van der Waals surface area contributed by atoms with Gasteiger partial charge in [0, 0.05) is 36.8 Å². The van der Waals surface area contributed by atoms with Crippen molar-refractivity contribution in [2.75, 3.05) is 33.3 Å². The predicted molar refractivity (Wildman–Crippen MR) is 97.6 cm³/mol. The number of methoxy groups -OCH3 is 1. The summed E-state index contributed by atoms with van der Waals surface area (Å²) in [6.07, 6.45) is 0. The zero-order valence-corrected chi connectivity index (χ0v) is 14.9. The van der Waals surface area contributed by atoms with Crippen molar-refractivity contribution in [3.05, 3.63) is 58.6 Å². The van der Waals surface area contributed by atoms with Gasteiger partial charge in [-0.1, -0.05) is 23.7 Å². The van der Waals surface area contributed by atoms with Crippen molar-refractivity contribution in [3.8, 4) is 11.5 Å². The molecule has 6 heteroatoms. The van der Waals surface area contributed by atoms with Crippen molar-refractivity contribution in [3.63, 3.8) is 0 Å². The average molecular weight is 361 g/mol. The van der Waals surface area contributed by atoms with Crippen LogP contribution in [0.15, 0.2) is 42.5 Å². The van der Waals surface area contributed by atoms with Gasteiger partial charge in [0.2, 0.25) is 0 Å². The van der Waals surface area contributed by atoms with Crippen molar-refractivity contribution in [1.82, 2.24) is 10.2 Å². The first-order chi connectivity index (χ1) is 12.2. The van der Waals surface area contributed by atoms with Crippen LogP contribution in [0.25, 0.3) is 0 Å². The molecule has 5 nitrogen and oxygen atoms in total. The maximum Gasteiger partial charge on any atom is 0.254 e. The van der Waals surface area contributed by atoms with E-state index in [-0.39, 0.29) is 5.91 Å². The second kappa shape index (κ2) is 8.23. The third-order valence-electron chi connectivity index (χ3n) is 4.12. The fourth-order valence-corrected chi connectivity index (χ4v) is 2.84. The lowest BCUT2D eigenvalue weighted by Crippen LogP contribution is -2.46. The van der Waals surface area contributed by atoms with Gasteiger partial charge in [0.25, 0.3) is 5.91 Å². The second-order valence-corrected chi connectivity index (χ2v) is 6.26. The Bertz CT molecular complexity index is 728. The van der Waals surface area contributed by atoms with Gasteiger partial charge in [-0.2, -0.15) is 0 Å². The summed E-state index contributed by atoms with van der Waals surface area (Å²) in [7, 11) is 1.57. The van der Waals surface area contributed by atoms with Crippen LogP contribution in [0.2, 0.25) is 5.02 Å². The van der Waals surface area contributed by atoms with Crippen LogP contribution in [0.5, 0.6) is 11.5 Å². The zero-order valence-electron chi connectivity index (χ0n) is 14.1. The lowest BCUT2D eigenvalue weighted by molar-refractivity contribution is 0.0735. The minimum Gasteiger partial charge on any atom is -0.493 e. The summed E-state index contributed by atoms with van der Waals surface area (Å²) in [6, 6.07) is 12.8. The summed E-state index contributed by atoms with van der Waals surface area (Å²) in [6.45, 7) is 3.49. The van der Waals surface area contributed by atoms with Crippen LogP contribution in [0, 0.1) is 0 Å². The highest BCUT2D eigenvalue weighted by Crippen LogP contribution is 2.29. The van der Waals surface area contributed by atoms with E-state index in [1.807, 2.05) is 29.2 Å². The van der Waals surface area contributed by atoms with E-state index < -0.39 is 0 Å². The van der Waals surface area contributed by atoms with Crippen molar-refractivity contribution >= 4 is 17.5 Å². The number of halogens is 1. The number of nitrogens with zero attached hydrogens (tertiary/aromatic N) is 1. The normalized spacial score (nSPS) is 14.2. The lowest BCUT2D eigenvalue weighted by Gasteiger charge is -2.27. The number of carbonyl (C=O) groups excluding carboxylic acids is 1. The molecule has 0 spiro atoms. The molecule has 1 aliphatic heterocycles. The van der Waals surface area contributed by atoms with E-state index in [9.17, 15) is 4.79 Å². The van der Waals surface area contributed by atoms with E-state index >= 15 is 0 Å². The van der Waals surface area contributed by atoms with Crippen molar-refractivity contribution in [2.24, 2.45) is 0 Å². The smallest absolute Gasteiger partial charge is 0.254 e. The van der Waals surface area contributed by atoms with Gasteiger partial charge >= 0.3 is 0 Å². The first-order valence-corrected chi connectivity index (χ1v) is 8.60. The van der Waals surface area contributed by atoms with Crippen LogP contribution in [-0.2, 0) is 6.61 Å². The molecule has 1 amide bonds. The Morgan fingerprint density at radius 3 is 2.52 bits per heavy atom. The number of hydrogen-bond donors (Lipinski definition) is 1. The number of piperazine rings is 1. The lowest BCUT2D eigenvalue weighted by atomic mass is 10.1.